The largest absolute Gasteiger partial charge is 0.573 e. The molecule has 0 saturated heterocycles. The Morgan fingerprint density at radius 1 is 0.800 bits per heavy atom. The maximum absolute atomic E-state index is 13.5. The van der Waals surface area contributed by atoms with Crippen molar-refractivity contribution in [1.29, 1.82) is 0 Å². The highest BCUT2D eigenvalue weighted by molar-refractivity contribution is 5.72. The van der Waals surface area contributed by atoms with E-state index in [0.29, 0.717) is 10.5 Å². The molecule has 0 fully saturated rings. The smallest absolute Gasteiger partial charge is 0.492 e. The molecule has 45 heavy (non-hydrogen) atoms. The summed E-state index contributed by atoms with van der Waals surface area (Å²) in [6.45, 7) is -1.74. The summed E-state index contributed by atoms with van der Waals surface area (Å²) in [5.41, 5.74) is 0.550. The van der Waals surface area contributed by atoms with E-state index in [0.717, 1.165) is 24.3 Å². The van der Waals surface area contributed by atoms with Gasteiger partial charge in [0.15, 0.2) is 6.10 Å². The lowest BCUT2D eigenvalue weighted by atomic mass is 10.1. The van der Waals surface area contributed by atoms with Crippen LogP contribution in [0.3, 0.4) is 0 Å². The van der Waals surface area contributed by atoms with E-state index in [1.54, 1.807) is 6.92 Å². The molecule has 0 spiro atoms. The normalized spacial score (nSPS) is 13.2. The van der Waals surface area contributed by atoms with Crippen LogP contribution in [0.25, 0.3) is 0 Å². The van der Waals surface area contributed by atoms with E-state index >= 15 is 0 Å². The number of carbonyl (C=O) groups excluding carboxylic acids is 1. The van der Waals surface area contributed by atoms with Crippen LogP contribution >= 0.6 is 0 Å². The highest BCUT2D eigenvalue weighted by Crippen LogP contribution is 2.46. The number of carbonyl (C=O) groups is 2. The number of rotatable bonds is 16. The van der Waals surface area contributed by atoms with Gasteiger partial charge in [-0.25, -0.2) is 9.59 Å². The second-order valence-corrected chi connectivity index (χ2v) is 8.79. The number of aliphatic carboxylic acids is 1. The van der Waals surface area contributed by atoms with Crippen molar-refractivity contribution in [3.8, 4) is 17.2 Å². The molecule has 0 bridgehead atoms. The van der Waals surface area contributed by atoms with Gasteiger partial charge in [-0.1, -0.05) is 12.1 Å². The zero-order chi connectivity index (χ0) is 34.1. The number of ether oxygens (including phenoxy) is 5. The van der Waals surface area contributed by atoms with E-state index in [4.69, 9.17) is 14.2 Å². The molecule has 0 aliphatic rings. The number of carboxylic acids is 1. The van der Waals surface area contributed by atoms with Gasteiger partial charge in [-0.15, -0.1) is 13.2 Å². The molecular weight excluding hydrogens is 644 g/mol. The number of benzene rings is 2. The highest BCUT2D eigenvalue weighted by atomic mass is 19.4. The summed E-state index contributed by atoms with van der Waals surface area (Å²) >= 11 is 0. The molecule has 19 heteroatoms. The van der Waals surface area contributed by atoms with Gasteiger partial charge in [0.1, 0.15) is 23.9 Å². The monoisotopic (exact) mass is 669 g/mol. The third kappa shape index (κ3) is 11.5. The van der Waals surface area contributed by atoms with E-state index in [2.05, 4.69) is 9.47 Å². The Balaban J connectivity index is 2.09. The van der Waals surface area contributed by atoms with Crippen LogP contribution in [0.5, 0.6) is 17.2 Å². The predicted molar refractivity (Wildman–Crippen MR) is 131 cm³/mol. The first kappa shape index (κ1) is 37.2. The fourth-order valence-electron chi connectivity index (χ4n) is 3.34. The lowest BCUT2D eigenvalue weighted by Gasteiger charge is -2.28. The van der Waals surface area contributed by atoms with Gasteiger partial charge in [-0.2, -0.15) is 30.7 Å². The number of hydrogen-bond acceptors (Lipinski definition) is 7. The molecule has 0 saturated carbocycles. The molecule has 0 heterocycles. The molecule has 0 radical (unpaired) electrons. The number of nitrogens with zero attached hydrogens (tertiary/aromatic N) is 1. The van der Waals surface area contributed by atoms with Crippen LogP contribution in [-0.4, -0.2) is 85.7 Å². The summed E-state index contributed by atoms with van der Waals surface area (Å²) in [5.74, 6) is -8.64. The lowest BCUT2D eigenvalue weighted by molar-refractivity contribution is -0.423. The Kier molecular flexibility index (Phi) is 12.7. The van der Waals surface area contributed by atoms with Crippen molar-refractivity contribution in [2.45, 2.75) is 44.0 Å². The second-order valence-electron chi connectivity index (χ2n) is 8.79. The van der Waals surface area contributed by atoms with Gasteiger partial charge in [0, 0.05) is 19.6 Å². The van der Waals surface area contributed by atoms with Crippen molar-refractivity contribution in [3.63, 3.8) is 0 Å². The summed E-state index contributed by atoms with van der Waals surface area (Å²) in [7, 11) is 0. The summed E-state index contributed by atoms with van der Waals surface area (Å²) < 4.78 is 150. The lowest BCUT2D eigenvalue weighted by Crippen LogP contribution is -2.54. The highest BCUT2D eigenvalue weighted by Gasteiger charge is 2.74. The molecule has 2 aromatic carbocycles. The van der Waals surface area contributed by atoms with E-state index in [1.165, 1.54) is 24.3 Å². The fourth-order valence-corrected chi connectivity index (χ4v) is 3.34. The van der Waals surface area contributed by atoms with Crippen LogP contribution in [0.15, 0.2) is 48.5 Å². The van der Waals surface area contributed by atoms with Crippen molar-refractivity contribution in [2.24, 2.45) is 0 Å². The predicted octanol–water partition coefficient (Wildman–Crippen LogP) is 6.30. The Morgan fingerprint density at radius 3 is 1.84 bits per heavy atom. The first-order valence-corrected chi connectivity index (χ1v) is 12.6. The number of carboxylic acid groups (broad SMARTS) is 1. The molecule has 9 nitrogen and oxygen atoms in total. The van der Waals surface area contributed by atoms with Crippen LogP contribution in [0.2, 0.25) is 0 Å². The number of alkyl halides is 10. The third-order valence-corrected chi connectivity index (χ3v) is 5.50. The van der Waals surface area contributed by atoms with E-state index < -0.39 is 74.8 Å². The molecule has 0 aromatic heterocycles. The fraction of sp³-hybridized carbons (Fsp3) is 0.462. The number of amides is 1. The van der Waals surface area contributed by atoms with Gasteiger partial charge in [0.05, 0.1) is 13.2 Å². The Hall–Kier alpha value is -4.00. The molecule has 1 atom stereocenters. The Labute approximate surface area is 248 Å². The summed E-state index contributed by atoms with van der Waals surface area (Å²) in [6, 6.07) is 9.09. The van der Waals surface area contributed by atoms with E-state index in [9.17, 15) is 58.6 Å². The Bertz CT molecular complexity index is 1240. The van der Waals surface area contributed by atoms with Crippen molar-refractivity contribution in [1.82, 2.24) is 4.90 Å². The number of halogens is 10. The average molecular weight is 669 g/mol. The Morgan fingerprint density at radius 2 is 1.33 bits per heavy atom. The van der Waals surface area contributed by atoms with Gasteiger partial charge in [0.25, 0.3) is 0 Å². The van der Waals surface area contributed by atoms with Crippen molar-refractivity contribution in [2.75, 3.05) is 32.9 Å². The van der Waals surface area contributed by atoms with Crippen LogP contribution < -0.4 is 14.2 Å². The SMILES string of the molecule is CCOC(Cc1ccc(OCCN(CCOC(F)(F)C(F)(F)C(F)(F)F)C(=O)Oc2ccc(OC(F)(F)F)cc2)cc1)C(=O)O. The summed E-state index contributed by atoms with van der Waals surface area (Å²) in [5, 5.41) is 9.18. The maximum Gasteiger partial charge on any atom is 0.573 e. The molecule has 1 unspecified atom stereocenters. The molecule has 1 N–H and O–H groups in total. The minimum absolute atomic E-state index is 0.0183. The van der Waals surface area contributed by atoms with Crippen molar-refractivity contribution in [3.05, 3.63) is 54.1 Å². The molecule has 2 rings (SSSR count). The van der Waals surface area contributed by atoms with Gasteiger partial charge >= 0.3 is 36.6 Å². The van der Waals surface area contributed by atoms with E-state index in [-0.39, 0.29) is 24.5 Å². The van der Waals surface area contributed by atoms with Gasteiger partial charge in [-0.05, 0) is 48.9 Å². The quantitative estimate of drug-likeness (QED) is 0.208. The van der Waals surface area contributed by atoms with Crippen molar-refractivity contribution >= 4 is 12.1 Å². The number of hydrogen-bond donors (Lipinski definition) is 1. The summed E-state index contributed by atoms with van der Waals surface area (Å²) in [4.78, 5) is 24.4. The van der Waals surface area contributed by atoms with Crippen LogP contribution in [0.1, 0.15) is 12.5 Å². The third-order valence-electron chi connectivity index (χ3n) is 5.50. The van der Waals surface area contributed by atoms with Gasteiger partial charge in [0.2, 0.25) is 0 Å². The second kappa shape index (κ2) is 15.3. The van der Waals surface area contributed by atoms with Crippen LogP contribution in [0.4, 0.5) is 48.7 Å². The molecule has 1 amide bonds. The minimum Gasteiger partial charge on any atom is -0.492 e. The minimum atomic E-state index is -6.65. The summed E-state index contributed by atoms with van der Waals surface area (Å²) in [6.07, 6.45) is -20.2. The molecule has 0 aliphatic heterocycles. The molecule has 2 aromatic rings. The topological polar surface area (TPSA) is 104 Å². The molecular formula is C26H25F10NO8. The average Bonchev–Trinajstić information content (AvgIpc) is 2.92. The zero-order valence-corrected chi connectivity index (χ0v) is 23.0. The first-order valence-electron chi connectivity index (χ1n) is 12.6. The zero-order valence-electron chi connectivity index (χ0n) is 23.0. The van der Waals surface area contributed by atoms with Gasteiger partial charge in [-0.3, -0.25) is 0 Å². The standard InChI is InChI=1S/C26H25F10NO8/c1-2-41-20(21(38)39)15-16-3-5-17(6-4-16)42-13-11-37(12-14-43-25(32,33)23(27,28)24(29,30)31)22(40)44-18-7-9-19(10-8-18)45-26(34,35)36/h3-10,20H,2,11-15H2,1H3,(H,38,39). The van der Waals surface area contributed by atoms with Crippen molar-refractivity contribution < 1.29 is 82.3 Å². The first-order chi connectivity index (χ1) is 20.8. The van der Waals surface area contributed by atoms with Gasteiger partial charge < -0.3 is 33.7 Å². The van der Waals surface area contributed by atoms with Crippen LogP contribution in [-0.2, 0) is 20.7 Å². The molecule has 0 aliphatic carbocycles. The van der Waals surface area contributed by atoms with E-state index in [1.807, 2.05) is 0 Å². The maximum atomic E-state index is 13.5. The van der Waals surface area contributed by atoms with Crippen LogP contribution in [0, 0.1) is 0 Å². The molecule has 252 valence electrons.